The van der Waals surface area contributed by atoms with E-state index < -0.39 is 0 Å². The number of benzene rings is 1. The molecule has 1 heterocycles. The van der Waals surface area contributed by atoms with Gasteiger partial charge in [0.05, 0.1) is 11.7 Å². The van der Waals surface area contributed by atoms with Crippen LogP contribution >= 0.6 is 0 Å². The van der Waals surface area contributed by atoms with Crippen molar-refractivity contribution in [1.29, 1.82) is 0 Å². The van der Waals surface area contributed by atoms with Crippen LogP contribution < -0.4 is 5.32 Å². The Bertz CT molecular complexity index is 567. The number of nitrogens with one attached hydrogen (secondary N) is 1. The van der Waals surface area contributed by atoms with E-state index >= 15 is 0 Å². The summed E-state index contributed by atoms with van der Waals surface area (Å²) in [5.41, 5.74) is 2.67. The minimum atomic E-state index is -0.175. The number of aromatic nitrogens is 2. The van der Waals surface area contributed by atoms with Crippen LogP contribution in [-0.2, 0) is 12.1 Å². The number of nitrogens with zero attached hydrogens (tertiary/aromatic N) is 2. The van der Waals surface area contributed by atoms with Gasteiger partial charge < -0.3 is 5.32 Å². The zero-order valence-corrected chi connectivity index (χ0v) is 11.9. The molecule has 0 unspecified atom stereocenters. The molecule has 0 aliphatic carbocycles. The van der Waals surface area contributed by atoms with E-state index in [1.807, 2.05) is 23.1 Å². The van der Waals surface area contributed by atoms with Gasteiger partial charge in [0.25, 0.3) is 0 Å². The molecule has 1 N–H and O–H groups in total. The van der Waals surface area contributed by atoms with Crippen LogP contribution in [0.2, 0.25) is 0 Å². The normalized spacial score (nSPS) is 11.6. The Morgan fingerprint density at radius 3 is 2.63 bits per heavy atom. The smallest absolute Gasteiger partial charge is 0.126 e. The van der Waals surface area contributed by atoms with Gasteiger partial charge in [0, 0.05) is 24.0 Å². The van der Waals surface area contributed by atoms with Gasteiger partial charge in [-0.25, -0.2) is 4.39 Å². The quantitative estimate of drug-likeness (QED) is 0.913. The van der Waals surface area contributed by atoms with E-state index in [2.05, 4.69) is 31.2 Å². The summed E-state index contributed by atoms with van der Waals surface area (Å²) in [4.78, 5) is 0. The molecule has 0 aliphatic heterocycles. The maximum Gasteiger partial charge on any atom is 0.126 e. The zero-order valence-electron chi connectivity index (χ0n) is 11.9. The first-order chi connectivity index (χ1) is 8.86. The Morgan fingerprint density at radius 1 is 1.32 bits per heavy atom. The van der Waals surface area contributed by atoms with Crippen molar-refractivity contribution >= 4 is 5.69 Å². The summed E-state index contributed by atoms with van der Waals surface area (Å²) in [6.07, 6.45) is 3.89. The van der Waals surface area contributed by atoms with Crippen molar-refractivity contribution in [1.82, 2.24) is 9.78 Å². The molecule has 4 heteroatoms. The molecular formula is C15H20FN3. The highest BCUT2D eigenvalue weighted by molar-refractivity contribution is 5.46. The molecule has 2 rings (SSSR count). The second-order valence-corrected chi connectivity index (χ2v) is 5.78. The molecule has 0 fully saturated rings. The standard InChI is InChI=1S/C15H20FN3/c1-11-7-13(5-6-14(11)16)17-8-12-9-18-19(10-12)15(2,3)4/h5-7,9-10,17H,8H2,1-4H3. The van der Waals surface area contributed by atoms with Crippen molar-refractivity contribution in [3.63, 3.8) is 0 Å². The van der Waals surface area contributed by atoms with Crippen molar-refractivity contribution in [3.8, 4) is 0 Å². The summed E-state index contributed by atoms with van der Waals surface area (Å²) in [5.74, 6) is -0.175. The molecule has 0 amide bonds. The average Bonchev–Trinajstić information content (AvgIpc) is 2.79. The Balaban J connectivity index is 2.02. The van der Waals surface area contributed by atoms with Crippen molar-refractivity contribution in [2.45, 2.75) is 39.8 Å². The van der Waals surface area contributed by atoms with Crippen LogP contribution in [0.4, 0.5) is 10.1 Å². The van der Waals surface area contributed by atoms with Crippen LogP contribution in [0.25, 0.3) is 0 Å². The SMILES string of the molecule is Cc1cc(NCc2cnn(C(C)(C)C)c2)ccc1F. The first kappa shape index (κ1) is 13.6. The average molecular weight is 261 g/mol. The Morgan fingerprint density at radius 2 is 2.05 bits per heavy atom. The third-order valence-electron chi connectivity index (χ3n) is 2.98. The van der Waals surface area contributed by atoms with Crippen LogP contribution in [0, 0.1) is 12.7 Å². The van der Waals surface area contributed by atoms with E-state index in [4.69, 9.17) is 0 Å². The van der Waals surface area contributed by atoms with E-state index in [1.165, 1.54) is 6.07 Å². The molecule has 0 radical (unpaired) electrons. The molecule has 19 heavy (non-hydrogen) atoms. The third-order valence-corrected chi connectivity index (χ3v) is 2.98. The highest BCUT2D eigenvalue weighted by Crippen LogP contribution is 2.16. The Kier molecular flexibility index (Phi) is 3.60. The van der Waals surface area contributed by atoms with Crippen LogP contribution in [-0.4, -0.2) is 9.78 Å². The van der Waals surface area contributed by atoms with E-state index in [9.17, 15) is 4.39 Å². The lowest BCUT2D eigenvalue weighted by Crippen LogP contribution is -2.21. The first-order valence-corrected chi connectivity index (χ1v) is 6.40. The second kappa shape index (κ2) is 5.03. The Hall–Kier alpha value is -1.84. The summed E-state index contributed by atoms with van der Waals surface area (Å²) in [6.45, 7) is 8.78. The fourth-order valence-electron chi connectivity index (χ4n) is 1.78. The van der Waals surface area contributed by atoms with Gasteiger partial charge >= 0.3 is 0 Å². The summed E-state index contributed by atoms with van der Waals surface area (Å²) < 4.78 is 15.1. The number of aryl methyl sites for hydroxylation is 1. The first-order valence-electron chi connectivity index (χ1n) is 6.40. The topological polar surface area (TPSA) is 29.9 Å². The molecule has 2 aromatic rings. The van der Waals surface area contributed by atoms with Crippen LogP contribution in [0.5, 0.6) is 0 Å². The van der Waals surface area contributed by atoms with Crippen LogP contribution in [0.15, 0.2) is 30.6 Å². The maximum absolute atomic E-state index is 13.2. The van der Waals surface area contributed by atoms with Gasteiger partial charge in [-0.2, -0.15) is 5.10 Å². The Labute approximate surface area is 113 Å². The molecule has 1 aromatic carbocycles. The molecule has 3 nitrogen and oxygen atoms in total. The number of hydrogen-bond acceptors (Lipinski definition) is 2. The summed E-state index contributed by atoms with van der Waals surface area (Å²) in [6, 6.07) is 5.04. The lowest BCUT2D eigenvalue weighted by atomic mass is 10.1. The predicted molar refractivity (Wildman–Crippen MR) is 75.7 cm³/mol. The summed E-state index contributed by atoms with van der Waals surface area (Å²) in [7, 11) is 0. The van der Waals surface area contributed by atoms with Crippen molar-refractivity contribution < 1.29 is 4.39 Å². The van der Waals surface area contributed by atoms with Crippen molar-refractivity contribution in [3.05, 3.63) is 47.5 Å². The number of anilines is 1. The minimum absolute atomic E-state index is 0.00921. The van der Waals surface area contributed by atoms with E-state index in [1.54, 1.807) is 13.0 Å². The van der Waals surface area contributed by atoms with E-state index in [0.717, 1.165) is 11.3 Å². The summed E-state index contributed by atoms with van der Waals surface area (Å²) >= 11 is 0. The van der Waals surface area contributed by atoms with Gasteiger partial charge in [-0.3, -0.25) is 4.68 Å². The van der Waals surface area contributed by atoms with Gasteiger partial charge in [0.2, 0.25) is 0 Å². The lowest BCUT2D eigenvalue weighted by Gasteiger charge is -2.18. The highest BCUT2D eigenvalue weighted by Gasteiger charge is 2.13. The van der Waals surface area contributed by atoms with Crippen molar-refractivity contribution in [2.75, 3.05) is 5.32 Å². The monoisotopic (exact) mass is 261 g/mol. The molecule has 0 aliphatic rings. The lowest BCUT2D eigenvalue weighted by molar-refractivity contribution is 0.355. The van der Waals surface area contributed by atoms with Gasteiger partial charge in [-0.1, -0.05) is 0 Å². The van der Waals surface area contributed by atoms with Gasteiger partial charge in [0.1, 0.15) is 5.82 Å². The molecule has 0 atom stereocenters. The number of rotatable bonds is 3. The molecule has 0 saturated heterocycles. The number of halogens is 1. The largest absolute Gasteiger partial charge is 0.381 e. The second-order valence-electron chi connectivity index (χ2n) is 5.78. The fraction of sp³-hybridized carbons (Fsp3) is 0.400. The molecule has 0 saturated carbocycles. The van der Waals surface area contributed by atoms with Gasteiger partial charge in [-0.15, -0.1) is 0 Å². The highest BCUT2D eigenvalue weighted by atomic mass is 19.1. The molecule has 0 spiro atoms. The maximum atomic E-state index is 13.2. The minimum Gasteiger partial charge on any atom is -0.381 e. The van der Waals surface area contributed by atoms with E-state index in [0.29, 0.717) is 12.1 Å². The molecular weight excluding hydrogens is 241 g/mol. The fourth-order valence-corrected chi connectivity index (χ4v) is 1.78. The molecule has 102 valence electrons. The van der Waals surface area contributed by atoms with Gasteiger partial charge in [-0.05, 0) is 51.5 Å². The van der Waals surface area contributed by atoms with Crippen LogP contribution in [0.3, 0.4) is 0 Å². The van der Waals surface area contributed by atoms with E-state index in [-0.39, 0.29) is 11.4 Å². The molecule has 1 aromatic heterocycles. The van der Waals surface area contributed by atoms with Crippen molar-refractivity contribution in [2.24, 2.45) is 0 Å². The summed E-state index contributed by atoms with van der Waals surface area (Å²) in [5, 5.41) is 7.62. The third kappa shape index (κ3) is 3.34. The zero-order chi connectivity index (χ0) is 14.0. The molecule has 0 bridgehead atoms. The van der Waals surface area contributed by atoms with Crippen LogP contribution in [0.1, 0.15) is 31.9 Å². The predicted octanol–water partition coefficient (Wildman–Crippen LogP) is 3.70. The number of hydrogen-bond donors (Lipinski definition) is 1. The van der Waals surface area contributed by atoms with Gasteiger partial charge in [0.15, 0.2) is 0 Å².